The molecule has 8 nitrogen and oxygen atoms in total. The van der Waals surface area contributed by atoms with Gasteiger partial charge in [-0.2, -0.15) is 0 Å². The number of rotatable bonds is 5. The molecule has 2 atom stereocenters. The fourth-order valence-corrected chi connectivity index (χ4v) is 5.55. The van der Waals surface area contributed by atoms with Gasteiger partial charge in [0.05, 0.1) is 41.9 Å². The van der Waals surface area contributed by atoms with Crippen LogP contribution in [-0.4, -0.2) is 47.9 Å². The van der Waals surface area contributed by atoms with Gasteiger partial charge in [0.15, 0.2) is 0 Å². The molecule has 1 saturated heterocycles. The predicted octanol–water partition coefficient (Wildman–Crippen LogP) is 3.24. The molecule has 0 bridgehead atoms. The number of nitrogens with one attached hydrogen (secondary N) is 2. The number of aromatic amines is 1. The average molecular weight is 448 g/mol. The van der Waals surface area contributed by atoms with E-state index in [-0.39, 0.29) is 34.1 Å². The van der Waals surface area contributed by atoms with Crippen molar-refractivity contribution in [2.24, 2.45) is 0 Å². The molecule has 0 saturated carbocycles. The third-order valence-electron chi connectivity index (χ3n) is 5.81. The summed E-state index contributed by atoms with van der Waals surface area (Å²) in [6, 6.07) is 5.87. The van der Waals surface area contributed by atoms with Crippen molar-refractivity contribution in [3.8, 4) is 5.75 Å². The number of nitrogens with zero attached hydrogens (tertiary/aromatic N) is 1. The number of hydrogen-bond donors (Lipinski definition) is 2. The van der Waals surface area contributed by atoms with Crippen LogP contribution in [-0.2, 0) is 20.9 Å². The Morgan fingerprint density at radius 2 is 2.10 bits per heavy atom. The summed E-state index contributed by atoms with van der Waals surface area (Å²) < 4.78 is 18.4. The van der Waals surface area contributed by atoms with E-state index in [1.54, 1.807) is 14.2 Å². The van der Waals surface area contributed by atoms with Crippen molar-refractivity contribution >= 4 is 23.5 Å². The number of ether oxygens (including phenoxy) is 3. The summed E-state index contributed by atoms with van der Waals surface area (Å²) in [5.74, 6) is 1.45. The maximum Gasteiger partial charge on any atom is 0.270 e. The summed E-state index contributed by atoms with van der Waals surface area (Å²) in [4.78, 5) is 25.7. The topological polar surface area (TPSA) is 94.6 Å². The van der Waals surface area contributed by atoms with E-state index >= 15 is 0 Å². The number of amides is 1. The molecule has 2 aliphatic heterocycles. The van der Waals surface area contributed by atoms with Gasteiger partial charge in [-0.1, -0.05) is 6.07 Å². The Balaban J connectivity index is 1.79. The standard InChI is InChI=1S/C22H29N3O5S/c1-22(2)10-15(7-8-30-22)25-20-18(21(27)24-25)19(31-12-17(26)23-20)13-5-6-16(29-4)14(9-13)11-28-3/h5-6,9,15,19H,7-8,10-12H2,1-4H3,(H,23,26)(H,24,27)/t15-,19+/m0/s1. The van der Waals surface area contributed by atoms with E-state index in [9.17, 15) is 9.59 Å². The van der Waals surface area contributed by atoms with Crippen molar-refractivity contribution in [1.82, 2.24) is 9.78 Å². The first-order valence-corrected chi connectivity index (χ1v) is 11.4. The Bertz CT molecular complexity index is 1030. The smallest absolute Gasteiger partial charge is 0.270 e. The molecule has 1 aromatic heterocycles. The number of anilines is 1. The molecular formula is C22H29N3O5S. The fourth-order valence-electron chi connectivity index (χ4n) is 4.43. The number of thioether (sulfide) groups is 1. The zero-order chi connectivity index (χ0) is 22.2. The first kappa shape index (κ1) is 22.0. The maximum atomic E-state index is 13.1. The molecule has 2 aromatic rings. The lowest BCUT2D eigenvalue weighted by Gasteiger charge is -2.36. The van der Waals surface area contributed by atoms with Crippen molar-refractivity contribution < 1.29 is 19.0 Å². The average Bonchev–Trinajstić information content (AvgIpc) is 2.93. The van der Waals surface area contributed by atoms with Crippen LogP contribution in [0.1, 0.15) is 54.7 Å². The maximum absolute atomic E-state index is 13.1. The largest absolute Gasteiger partial charge is 0.496 e. The van der Waals surface area contributed by atoms with Gasteiger partial charge in [-0.15, -0.1) is 11.8 Å². The quantitative estimate of drug-likeness (QED) is 0.731. The predicted molar refractivity (Wildman–Crippen MR) is 120 cm³/mol. The van der Waals surface area contributed by atoms with Gasteiger partial charge in [0, 0.05) is 19.3 Å². The number of H-pyrrole nitrogens is 1. The molecule has 0 unspecified atom stereocenters. The van der Waals surface area contributed by atoms with E-state index in [2.05, 4.69) is 10.4 Å². The second-order valence-corrected chi connectivity index (χ2v) is 9.66. The minimum Gasteiger partial charge on any atom is -0.496 e. The number of methoxy groups -OCH3 is 2. The molecule has 1 aromatic carbocycles. The number of benzene rings is 1. The molecule has 0 spiro atoms. The van der Waals surface area contributed by atoms with Gasteiger partial charge in [-0.3, -0.25) is 19.4 Å². The zero-order valence-electron chi connectivity index (χ0n) is 18.3. The molecule has 0 radical (unpaired) electrons. The van der Waals surface area contributed by atoms with Gasteiger partial charge in [0.1, 0.15) is 11.6 Å². The lowest BCUT2D eigenvalue weighted by Crippen LogP contribution is -2.36. The first-order chi connectivity index (χ1) is 14.8. The summed E-state index contributed by atoms with van der Waals surface area (Å²) in [5.41, 5.74) is 1.95. The number of carbonyl (C=O) groups is 1. The van der Waals surface area contributed by atoms with Crippen LogP contribution in [0.4, 0.5) is 5.82 Å². The number of hydrogen-bond acceptors (Lipinski definition) is 6. The van der Waals surface area contributed by atoms with E-state index in [1.165, 1.54) is 11.8 Å². The van der Waals surface area contributed by atoms with Crippen LogP contribution in [0.25, 0.3) is 0 Å². The summed E-state index contributed by atoms with van der Waals surface area (Å²) in [7, 11) is 3.25. The molecule has 9 heteroatoms. The van der Waals surface area contributed by atoms with Crippen LogP contribution in [0.3, 0.4) is 0 Å². The van der Waals surface area contributed by atoms with Crippen molar-refractivity contribution in [1.29, 1.82) is 0 Å². The lowest BCUT2D eigenvalue weighted by atomic mass is 9.94. The molecule has 1 fully saturated rings. The molecule has 1 amide bonds. The van der Waals surface area contributed by atoms with Gasteiger partial charge in [0.2, 0.25) is 5.91 Å². The van der Waals surface area contributed by atoms with Gasteiger partial charge >= 0.3 is 0 Å². The van der Waals surface area contributed by atoms with E-state index in [4.69, 9.17) is 14.2 Å². The Kier molecular flexibility index (Phi) is 6.18. The van der Waals surface area contributed by atoms with Crippen LogP contribution >= 0.6 is 11.8 Å². The van der Waals surface area contributed by atoms with Crippen molar-refractivity contribution in [3.05, 3.63) is 45.2 Å². The molecule has 3 heterocycles. The Labute approximate surface area is 185 Å². The van der Waals surface area contributed by atoms with E-state index in [0.29, 0.717) is 24.6 Å². The summed E-state index contributed by atoms with van der Waals surface area (Å²) >= 11 is 1.45. The minimum atomic E-state index is -0.287. The third-order valence-corrected chi connectivity index (χ3v) is 7.08. The van der Waals surface area contributed by atoms with Crippen molar-refractivity contribution in [3.63, 3.8) is 0 Å². The van der Waals surface area contributed by atoms with Gasteiger partial charge in [-0.05, 0) is 44.4 Å². The lowest BCUT2D eigenvalue weighted by molar-refractivity contribution is -0.113. The summed E-state index contributed by atoms with van der Waals surface area (Å²) in [6.45, 7) is 5.10. The molecule has 4 rings (SSSR count). The Morgan fingerprint density at radius 1 is 1.29 bits per heavy atom. The molecular weight excluding hydrogens is 418 g/mol. The van der Waals surface area contributed by atoms with Crippen LogP contribution < -0.4 is 15.6 Å². The number of carbonyl (C=O) groups excluding carboxylic acids is 1. The highest BCUT2D eigenvalue weighted by Gasteiger charge is 2.36. The normalized spacial score (nSPS) is 23.0. The number of fused-ring (bicyclic) bond motifs is 1. The molecule has 0 aliphatic carbocycles. The summed E-state index contributed by atoms with van der Waals surface area (Å²) in [6.07, 6.45) is 1.52. The van der Waals surface area contributed by atoms with Crippen LogP contribution in [0.2, 0.25) is 0 Å². The van der Waals surface area contributed by atoms with Gasteiger partial charge in [0.25, 0.3) is 5.56 Å². The van der Waals surface area contributed by atoms with Crippen LogP contribution in [0.5, 0.6) is 5.75 Å². The van der Waals surface area contributed by atoms with E-state index < -0.39 is 0 Å². The SMILES string of the molecule is COCc1cc([C@H]2SCC(=O)Nc3c2c(=O)[nH]n3[C@H]2CCOC(C)(C)C2)ccc1OC. The third kappa shape index (κ3) is 4.40. The Hall–Kier alpha value is -2.23. The monoisotopic (exact) mass is 447 g/mol. The number of aromatic nitrogens is 2. The highest BCUT2D eigenvalue weighted by atomic mass is 32.2. The Morgan fingerprint density at radius 3 is 2.81 bits per heavy atom. The highest BCUT2D eigenvalue weighted by Crippen LogP contribution is 2.43. The zero-order valence-corrected chi connectivity index (χ0v) is 19.1. The van der Waals surface area contributed by atoms with Crippen molar-refractivity contribution in [2.75, 3.05) is 31.9 Å². The second kappa shape index (κ2) is 8.72. The second-order valence-electron chi connectivity index (χ2n) is 8.57. The van der Waals surface area contributed by atoms with Crippen LogP contribution in [0.15, 0.2) is 23.0 Å². The first-order valence-electron chi connectivity index (χ1n) is 10.4. The molecule has 168 valence electrons. The van der Waals surface area contributed by atoms with E-state index in [1.807, 2.05) is 36.7 Å². The van der Waals surface area contributed by atoms with Crippen LogP contribution in [0, 0.1) is 0 Å². The molecule has 2 N–H and O–H groups in total. The van der Waals surface area contributed by atoms with Gasteiger partial charge in [-0.25, -0.2) is 0 Å². The molecule has 31 heavy (non-hydrogen) atoms. The van der Waals surface area contributed by atoms with Gasteiger partial charge < -0.3 is 19.5 Å². The summed E-state index contributed by atoms with van der Waals surface area (Å²) in [5, 5.41) is 5.70. The highest BCUT2D eigenvalue weighted by molar-refractivity contribution is 8.00. The fraction of sp³-hybridized carbons (Fsp3) is 0.545. The van der Waals surface area contributed by atoms with E-state index in [0.717, 1.165) is 29.7 Å². The minimum absolute atomic E-state index is 0.0455. The molecule has 2 aliphatic rings. The van der Waals surface area contributed by atoms with Crippen molar-refractivity contribution in [2.45, 2.75) is 50.2 Å².